The van der Waals surface area contributed by atoms with Crippen LogP contribution in [0.2, 0.25) is 0 Å². The molecule has 7 heavy (non-hydrogen) atoms. The van der Waals surface area contributed by atoms with E-state index in [1.54, 1.807) is 0 Å². The van der Waals surface area contributed by atoms with E-state index >= 15 is 0 Å². The lowest BCUT2D eigenvalue weighted by molar-refractivity contribution is -0.110. The van der Waals surface area contributed by atoms with Crippen molar-refractivity contribution in [3.63, 3.8) is 0 Å². The van der Waals surface area contributed by atoms with Crippen LogP contribution in [0.25, 0.3) is 0 Å². The van der Waals surface area contributed by atoms with E-state index in [2.05, 4.69) is 4.40 Å². The summed E-state index contributed by atoms with van der Waals surface area (Å²) in [5.74, 6) is 0.117. The van der Waals surface area contributed by atoms with E-state index in [1.807, 2.05) is 0 Å². The smallest absolute Gasteiger partial charge is 0.287 e. The van der Waals surface area contributed by atoms with Gasteiger partial charge < -0.3 is 0 Å². The second-order valence-corrected chi connectivity index (χ2v) is 2.36. The Bertz CT molecular complexity index is 122. The van der Waals surface area contributed by atoms with E-state index < -0.39 is 11.4 Å². The molecule has 0 spiro atoms. The van der Waals surface area contributed by atoms with Crippen LogP contribution in [0, 0.1) is 0 Å². The van der Waals surface area contributed by atoms with Gasteiger partial charge in [-0.2, -0.15) is 4.55 Å². The minimum absolute atomic E-state index is 0.0779. The third-order valence-electron chi connectivity index (χ3n) is 0.590. The maximum atomic E-state index is 10.2. The topological polar surface area (TPSA) is 49.7 Å². The summed E-state index contributed by atoms with van der Waals surface area (Å²) in [6, 6.07) is 0. The minimum atomic E-state index is -0.983. The molecular formula is C3H4NO2S+. The average molecular weight is 118 g/mol. The highest BCUT2D eigenvalue weighted by molar-refractivity contribution is 7.91. The maximum Gasteiger partial charge on any atom is 0.297 e. The molecule has 0 aromatic rings. The van der Waals surface area contributed by atoms with Crippen molar-refractivity contribution in [1.82, 2.24) is 0 Å². The lowest BCUT2D eigenvalue weighted by Crippen LogP contribution is -2.03. The Morgan fingerprint density at radius 2 is 2.71 bits per heavy atom. The van der Waals surface area contributed by atoms with Gasteiger partial charge in [-0.1, -0.05) is 0 Å². The number of rotatable bonds is 0. The molecule has 0 aromatic heterocycles. The van der Waals surface area contributed by atoms with E-state index in [0.29, 0.717) is 0 Å². The normalized spacial score (nSPS) is 29.3. The van der Waals surface area contributed by atoms with Gasteiger partial charge in [-0.05, 0) is 4.40 Å². The average Bonchev–Trinajstić information content (AvgIpc) is 1.87. The molecule has 1 aliphatic rings. The van der Waals surface area contributed by atoms with E-state index in [4.69, 9.17) is 4.55 Å². The van der Waals surface area contributed by atoms with Crippen molar-refractivity contribution in [3.8, 4) is 0 Å². The number of hydrogen-bond donors (Lipinski definition) is 1. The lowest BCUT2D eigenvalue weighted by Gasteiger charge is -1.71. The molecule has 1 atom stereocenters. The fourth-order valence-electron chi connectivity index (χ4n) is 0.321. The SMILES string of the molecule is O=C1C=N[S+](O)C1. The minimum Gasteiger partial charge on any atom is -0.287 e. The number of Topliss-reactive ketones (excluding diaryl/α,β-unsaturated/α-hetero) is 1. The predicted octanol–water partition coefficient (Wildman–Crippen LogP) is -0.354. The third kappa shape index (κ3) is 1.01. The molecule has 3 nitrogen and oxygen atoms in total. The maximum absolute atomic E-state index is 10.2. The quantitative estimate of drug-likeness (QED) is 0.442. The Labute approximate surface area is 43.7 Å². The molecule has 1 aliphatic heterocycles. The molecular weight excluding hydrogens is 114 g/mol. The highest BCUT2D eigenvalue weighted by Gasteiger charge is 2.25. The van der Waals surface area contributed by atoms with Crippen LogP contribution >= 0.6 is 0 Å². The highest BCUT2D eigenvalue weighted by Crippen LogP contribution is 1.97. The fraction of sp³-hybridized carbons (Fsp3) is 0.333. The standard InChI is InChI=1S/C3H4NO2S/c5-3-1-4-7(6)2-3/h1,6H,2H2/q+1. The van der Waals surface area contributed by atoms with Crippen molar-refractivity contribution >= 4 is 23.4 Å². The van der Waals surface area contributed by atoms with Crippen LogP contribution in [0.3, 0.4) is 0 Å². The van der Waals surface area contributed by atoms with Gasteiger partial charge in [-0.25, -0.2) is 0 Å². The molecule has 0 aliphatic carbocycles. The van der Waals surface area contributed by atoms with Gasteiger partial charge in [-0.3, -0.25) is 4.79 Å². The number of carbonyl (C=O) groups excluding carboxylic acids is 1. The summed E-state index contributed by atoms with van der Waals surface area (Å²) in [4.78, 5) is 10.2. The molecule has 0 amide bonds. The van der Waals surface area contributed by atoms with E-state index in [0.717, 1.165) is 0 Å². The van der Waals surface area contributed by atoms with Crippen LogP contribution in [0.4, 0.5) is 0 Å². The van der Waals surface area contributed by atoms with Crippen molar-refractivity contribution < 1.29 is 9.35 Å². The Morgan fingerprint density at radius 1 is 2.00 bits per heavy atom. The van der Waals surface area contributed by atoms with Crippen molar-refractivity contribution in [2.24, 2.45) is 4.40 Å². The molecule has 0 saturated heterocycles. The third-order valence-corrected chi connectivity index (χ3v) is 1.48. The first-order valence-corrected chi connectivity index (χ1v) is 3.07. The summed E-state index contributed by atoms with van der Waals surface area (Å²) in [6.45, 7) is 0. The number of hydrogen-bond acceptors (Lipinski definition) is 3. The molecule has 0 bridgehead atoms. The summed E-state index contributed by atoms with van der Waals surface area (Å²) in [7, 11) is 0. The first-order chi connectivity index (χ1) is 3.29. The molecule has 38 valence electrons. The highest BCUT2D eigenvalue weighted by atomic mass is 32.2. The van der Waals surface area contributed by atoms with E-state index in [1.165, 1.54) is 6.21 Å². The molecule has 1 N–H and O–H groups in total. The second kappa shape index (κ2) is 1.63. The Morgan fingerprint density at radius 3 is 2.86 bits per heavy atom. The van der Waals surface area contributed by atoms with Crippen molar-refractivity contribution in [2.45, 2.75) is 0 Å². The Kier molecular flexibility index (Phi) is 1.12. The number of carbonyl (C=O) groups is 1. The molecule has 0 aromatic carbocycles. The fourth-order valence-corrected chi connectivity index (χ4v) is 0.964. The van der Waals surface area contributed by atoms with Gasteiger partial charge in [0.15, 0.2) is 0 Å². The van der Waals surface area contributed by atoms with Crippen LogP contribution in [0.5, 0.6) is 0 Å². The summed E-state index contributed by atoms with van der Waals surface area (Å²) >= 11 is -0.983. The molecule has 4 heteroatoms. The summed E-state index contributed by atoms with van der Waals surface area (Å²) in [5, 5.41) is 0. The van der Waals surface area contributed by atoms with Gasteiger partial charge in [0.05, 0.1) is 0 Å². The van der Waals surface area contributed by atoms with Gasteiger partial charge in [0.25, 0.3) is 11.4 Å². The van der Waals surface area contributed by atoms with Crippen molar-refractivity contribution in [1.29, 1.82) is 0 Å². The molecule has 0 radical (unpaired) electrons. The van der Waals surface area contributed by atoms with E-state index in [-0.39, 0.29) is 11.5 Å². The van der Waals surface area contributed by atoms with Gasteiger partial charge in [0, 0.05) is 0 Å². The van der Waals surface area contributed by atoms with Crippen LogP contribution < -0.4 is 0 Å². The zero-order chi connectivity index (χ0) is 5.28. The first kappa shape index (κ1) is 4.80. The Hall–Kier alpha value is -0.350. The van der Waals surface area contributed by atoms with Gasteiger partial charge in [0.2, 0.25) is 11.5 Å². The van der Waals surface area contributed by atoms with Crippen molar-refractivity contribution in [3.05, 3.63) is 0 Å². The van der Waals surface area contributed by atoms with Crippen LogP contribution in [-0.4, -0.2) is 22.3 Å². The van der Waals surface area contributed by atoms with Crippen LogP contribution in [-0.2, 0) is 16.2 Å². The summed E-state index contributed by atoms with van der Waals surface area (Å²) in [5.41, 5.74) is 0. The largest absolute Gasteiger partial charge is 0.297 e. The number of nitrogens with zero attached hydrogens (tertiary/aromatic N) is 1. The predicted molar refractivity (Wildman–Crippen MR) is 28.4 cm³/mol. The Balaban J connectivity index is 2.58. The van der Waals surface area contributed by atoms with Crippen LogP contribution in [0.1, 0.15) is 0 Å². The first-order valence-electron chi connectivity index (χ1n) is 1.76. The van der Waals surface area contributed by atoms with Crippen LogP contribution in [0.15, 0.2) is 4.40 Å². The van der Waals surface area contributed by atoms with Gasteiger partial charge in [0.1, 0.15) is 6.21 Å². The summed E-state index contributed by atoms with van der Waals surface area (Å²) in [6.07, 6.45) is 1.17. The zero-order valence-corrected chi connectivity index (χ0v) is 4.31. The van der Waals surface area contributed by atoms with E-state index in [9.17, 15) is 4.79 Å². The lowest BCUT2D eigenvalue weighted by atomic mass is 10.5. The van der Waals surface area contributed by atoms with Gasteiger partial charge in [-0.15, -0.1) is 0 Å². The zero-order valence-electron chi connectivity index (χ0n) is 3.50. The number of ketones is 1. The molecule has 1 unspecified atom stereocenters. The second-order valence-electron chi connectivity index (χ2n) is 1.19. The molecule has 0 fully saturated rings. The van der Waals surface area contributed by atoms with Gasteiger partial charge >= 0.3 is 0 Å². The molecule has 0 saturated carbocycles. The monoisotopic (exact) mass is 118 g/mol. The summed E-state index contributed by atoms with van der Waals surface area (Å²) < 4.78 is 11.9. The molecule has 1 heterocycles. The van der Waals surface area contributed by atoms with Crippen molar-refractivity contribution in [2.75, 3.05) is 5.75 Å². The molecule has 1 rings (SSSR count).